The highest BCUT2D eigenvalue weighted by Gasteiger charge is 2.15. The van der Waals surface area contributed by atoms with Gasteiger partial charge in [-0.15, -0.1) is 0 Å². The van der Waals surface area contributed by atoms with E-state index < -0.39 is 12.5 Å². The van der Waals surface area contributed by atoms with E-state index in [9.17, 15) is 8.78 Å². The molecule has 94 valence electrons. The molecule has 1 atom stereocenters. The number of halogens is 2. The van der Waals surface area contributed by atoms with E-state index in [-0.39, 0.29) is 6.42 Å². The Kier molecular flexibility index (Phi) is 3.94. The molecule has 1 heterocycles. The molecule has 17 heavy (non-hydrogen) atoms. The van der Waals surface area contributed by atoms with Crippen molar-refractivity contribution < 1.29 is 8.78 Å². The number of anilines is 1. The molecule has 2 N–H and O–H groups in total. The summed E-state index contributed by atoms with van der Waals surface area (Å²) in [6.45, 7) is 2.17. The van der Waals surface area contributed by atoms with Crippen LogP contribution >= 0.6 is 0 Å². The molecule has 0 spiro atoms. The minimum Gasteiger partial charge on any atom is -0.372 e. The van der Waals surface area contributed by atoms with Crippen LogP contribution in [-0.2, 0) is 0 Å². The molecule has 1 aromatic carbocycles. The van der Waals surface area contributed by atoms with Crippen molar-refractivity contribution in [2.24, 2.45) is 5.73 Å². The monoisotopic (exact) mass is 240 g/mol. The smallest absolute Gasteiger partial charge is 0.240 e. The number of hydrogen-bond acceptors (Lipinski definition) is 2. The minimum absolute atomic E-state index is 0.275. The number of nitrogens with two attached hydrogens (primary N) is 1. The average molecular weight is 240 g/mol. The van der Waals surface area contributed by atoms with Gasteiger partial charge in [0.15, 0.2) is 0 Å². The summed E-state index contributed by atoms with van der Waals surface area (Å²) in [7, 11) is 0. The second-order valence-corrected chi connectivity index (χ2v) is 4.52. The average Bonchev–Trinajstić information content (AvgIpc) is 2.82. The first-order chi connectivity index (χ1) is 8.16. The molecular weight excluding hydrogens is 222 g/mol. The molecule has 0 radical (unpaired) electrons. The first kappa shape index (κ1) is 12.3. The van der Waals surface area contributed by atoms with Crippen molar-refractivity contribution in [3.63, 3.8) is 0 Å². The molecule has 0 amide bonds. The molecule has 0 aromatic heterocycles. The lowest BCUT2D eigenvalue weighted by Crippen LogP contribution is -2.18. The molecule has 2 nitrogen and oxygen atoms in total. The van der Waals surface area contributed by atoms with Crippen molar-refractivity contribution in [1.29, 1.82) is 0 Å². The van der Waals surface area contributed by atoms with Gasteiger partial charge < -0.3 is 10.6 Å². The lowest BCUT2D eigenvalue weighted by Gasteiger charge is -2.19. The standard InChI is InChI=1S/C13H18F2N2/c14-13(15)9-12(16)10-3-5-11(6-4-10)17-7-1-2-8-17/h3-6,12-13H,1-2,7-9,16H2/t12-/m0/s1. The number of benzene rings is 1. The zero-order valence-electron chi connectivity index (χ0n) is 9.78. The van der Waals surface area contributed by atoms with Gasteiger partial charge >= 0.3 is 0 Å². The summed E-state index contributed by atoms with van der Waals surface area (Å²) in [4.78, 5) is 2.31. The molecule has 0 unspecified atom stereocenters. The Morgan fingerprint density at radius 3 is 2.24 bits per heavy atom. The third kappa shape index (κ3) is 3.16. The molecule has 1 fully saturated rings. The van der Waals surface area contributed by atoms with E-state index in [1.165, 1.54) is 12.8 Å². The van der Waals surface area contributed by atoms with Crippen LogP contribution in [0.25, 0.3) is 0 Å². The molecule has 1 aromatic rings. The van der Waals surface area contributed by atoms with Crippen molar-refractivity contribution in [3.8, 4) is 0 Å². The lowest BCUT2D eigenvalue weighted by atomic mass is 10.0. The van der Waals surface area contributed by atoms with E-state index in [1.54, 1.807) is 0 Å². The highest BCUT2D eigenvalue weighted by Crippen LogP contribution is 2.24. The van der Waals surface area contributed by atoms with Crippen molar-refractivity contribution >= 4 is 5.69 Å². The van der Waals surface area contributed by atoms with Crippen LogP contribution in [-0.4, -0.2) is 19.5 Å². The molecule has 0 aliphatic carbocycles. The molecular formula is C13H18F2N2. The van der Waals surface area contributed by atoms with E-state index in [0.717, 1.165) is 24.3 Å². The Morgan fingerprint density at radius 2 is 1.71 bits per heavy atom. The topological polar surface area (TPSA) is 29.3 Å². The lowest BCUT2D eigenvalue weighted by molar-refractivity contribution is 0.128. The summed E-state index contributed by atoms with van der Waals surface area (Å²) >= 11 is 0. The zero-order valence-corrected chi connectivity index (χ0v) is 9.78. The van der Waals surface area contributed by atoms with Crippen LogP contribution in [0.2, 0.25) is 0 Å². The summed E-state index contributed by atoms with van der Waals surface area (Å²) in [6, 6.07) is 7.11. The second kappa shape index (κ2) is 5.45. The van der Waals surface area contributed by atoms with Gasteiger partial charge in [-0.3, -0.25) is 0 Å². The van der Waals surface area contributed by atoms with Crippen molar-refractivity contribution in [3.05, 3.63) is 29.8 Å². The van der Waals surface area contributed by atoms with Crippen LogP contribution in [0.5, 0.6) is 0 Å². The van der Waals surface area contributed by atoms with Gasteiger partial charge in [-0.1, -0.05) is 12.1 Å². The quantitative estimate of drug-likeness (QED) is 0.876. The Balaban J connectivity index is 2.01. The first-order valence-electron chi connectivity index (χ1n) is 6.05. The molecule has 4 heteroatoms. The van der Waals surface area contributed by atoms with E-state index in [1.807, 2.05) is 24.3 Å². The van der Waals surface area contributed by atoms with E-state index in [0.29, 0.717) is 0 Å². The fraction of sp³-hybridized carbons (Fsp3) is 0.538. The van der Waals surface area contributed by atoms with Gasteiger partial charge in [0, 0.05) is 31.2 Å². The maximum absolute atomic E-state index is 12.2. The maximum atomic E-state index is 12.2. The van der Waals surface area contributed by atoms with Crippen LogP contribution in [0.3, 0.4) is 0 Å². The van der Waals surface area contributed by atoms with Crippen LogP contribution in [0.15, 0.2) is 24.3 Å². The van der Waals surface area contributed by atoms with Crippen molar-refractivity contribution in [2.75, 3.05) is 18.0 Å². The Morgan fingerprint density at radius 1 is 1.12 bits per heavy atom. The molecule has 0 bridgehead atoms. The Labute approximate surface area is 100 Å². The van der Waals surface area contributed by atoms with Crippen molar-refractivity contribution in [2.45, 2.75) is 31.7 Å². The molecule has 1 aliphatic rings. The molecule has 1 saturated heterocycles. The Hall–Kier alpha value is -1.16. The van der Waals surface area contributed by atoms with Gasteiger partial charge in [0.2, 0.25) is 6.43 Å². The highest BCUT2D eigenvalue weighted by atomic mass is 19.3. The van der Waals surface area contributed by atoms with Crippen LogP contribution in [0.4, 0.5) is 14.5 Å². The van der Waals surface area contributed by atoms with Gasteiger partial charge in [-0.05, 0) is 30.5 Å². The summed E-state index contributed by atoms with van der Waals surface area (Å²) in [6.07, 6.45) is -0.161. The minimum atomic E-state index is -2.34. The largest absolute Gasteiger partial charge is 0.372 e. The predicted molar refractivity (Wildman–Crippen MR) is 65.4 cm³/mol. The summed E-state index contributed by atoms with van der Waals surface area (Å²) in [5.41, 5.74) is 7.65. The third-order valence-electron chi connectivity index (χ3n) is 3.22. The summed E-state index contributed by atoms with van der Waals surface area (Å²) < 4.78 is 24.4. The normalized spacial score (nSPS) is 17.8. The van der Waals surface area contributed by atoms with Crippen LogP contribution in [0, 0.1) is 0 Å². The SMILES string of the molecule is N[C@@H](CC(F)F)c1ccc(N2CCCC2)cc1. The maximum Gasteiger partial charge on any atom is 0.240 e. The predicted octanol–water partition coefficient (Wildman–Crippen LogP) is 2.94. The van der Waals surface area contributed by atoms with Gasteiger partial charge in [-0.25, -0.2) is 8.78 Å². The second-order valence-electron chi connectivity index (χ2n) is 4.52. The fourth-order valence-corrected chi connectivity index (χ4v) is 2.24. The first-order valence-corrected chi connectivity index (χ1v) is 6.05. The van der Waals surface area contributed by atoms with Gasteiger partial charge in [-0.2, -0.15) is 0 Å². The van der Waals surface area contributed by atoms with Gasteiger partial charge in [0.1, 0.15) is 0 Å². The number of nitrogens with zero attached hydrogens (tertiary/aromatic N) is 1. The van der Waals surface area contributed by atoms with Gasteiger partial charge in [0.25, 0.3) is 0 Å². The molecule has 2 rings (SSSR count). The van der Waals surface area contributed by atoms with Gasteiger partial charge in [0.05, 0.1) is 0 Å². The van der Waals surface area contributed by atoms with Crippen LogP contribution in [0.1, 0.15) is 30.9 Å². The van der Waals surface area contributed by atoms with E-state index in [4.69, 9.17) is 5.73 Å². The number of rotatable bonds is 4. The van der Waals surface area contributed by atoms with E-state index in [2.05, 4.69) is 4.90 Å². The van der Waals surface area contributed by atoms with Crippen LogP contribution < -0.4 is 10.6 Å². The number of hydrogen-bond donors (Lipinski definition) is 1. The summed E-state index contributed by atoms with van der Waals surface area (Å²) in [5.74, 6) is 0. The number of alkyl halides is 2. The Bertz CT molecular complexity index is 345. The molecule has 1 aliphatic heterocycles. The summed E-state index contributed by atoms with van der Waals surface area (Å²) in [5, 5.41) is 0. The van der Waals surface area contributed by atoms with Crippen molar-refractivity contribution in [1.82, 2.24) is 0 Å². The molecule has 0 saturated carbocycles. The zero-order chi connectivity index (χ0) is 12.3. The third-order valence-corrected chi connectivity index (χ3v) is 3.22. The van der Waals surface area contributed by atoms with E-state index >= 15 is 0 Å². The highest BCUT2D eigenvalue weighted by molar-refractivity contribution is 5.48. The fourth-order valence-electron chi connectivity index (χ4n) is 2.24.